The van der Waals surface area contributed by atoms with E-state index in [1.54, 1.807) is 12.4 Å². The first-order valence-corrected chi connectivity index (χ1v) is 9.85. The number of thioether (sulfide) groups is 1. The number of fused-ring (bicyclic) bond motifs is 1. The molecule has 2 aromatic rings. The van der Waals surface area contributed by atoms with Crippen molar-refractivity contribution in [2.45, 2.75) is 49.8 Å². The van der Waals surface area contributed by atoms with Gasteiger partial charge in [-0.05, 0) is 54.2 Å². The van der Waals surface area contributed by atoms with E-state index in [9.17, 15) is 9.90 Å². The molecule has 0 atom stereocenters. The molecule has 0 saturated heterocycles. The number of nitrogens with zero attached hydrogens (tertiary/aromatic N) is 2. The molecule has 1 aliphatic rings. The van der Waals surface area contributed by atoms with Gasteiger partial charge in [-0.3, -0.25) is 0 Å². The van der Waals surface area contributed by atoms with Crippen LogP contribution in [0.3, 0.4) is 0 Å². The van der Waals surface area contributed by atoms with Crippen LogP contribution in [0, 0.1) is 11.8 Å². The number of benzene rings is 1. The lowest BCUT2D eigenvalue weighted by molar-refractivity contribution is -0.304. The number of rotatable bonds is 4. The molecule has 0 amide bonds. The minimum absolute atomic E-state index is 0.233. The Kier molecular flexibility index (Phi) is 5.63. The van der Waals surface area contributed by atoms with Crippen molar-refractivity contribution in [3.05, 3.63) is 53.1 Å². The molecule has 0 spiro atoms. The number of hydrogen-bond acceptors (Lipinski definition) is 5. The summed E-state index contributed by atoms with van der Waals surface area (Å²) in [5.74, 6) is 6.48. The predicted molar refractivity (Wildman–Crippen MR) is 101 cm³/mol. The zero-order valence-electron chi connectivity index (χ0n) is 15.0. The van der Waals surface area contributed by atoms with Crippen LogP contribution in [0.2, 0.25) is 0 Å². The second kappa shape index (κ2) is 7.92. The number of aliphatic carboxylic acids is 1. The molecule has 1 aromatic carbocycles. The summed E-state index contributed by atoms with van der Waals surface area (Å²) in [6.45, 7) is 4.54. The zero-order chi connectivity index (χ0) is 18.6. The number of aromatic nitrogens is 2. The summed E-state index contributed by atoms with van der Waals surface area (Å²) in [7, 11) is 0. The first-order valence-electron chi connectivity index (χ1n) is 8.86. The Labute approximate surface area is 158 Å². The maximum Gasteiger partial charge on any atom is 0.133 e. The molecule has 0 saturated carbocycles. The lowest BCUT2D eigenvalue weighted by Gasteiger charge is -2.37. The summed E-state index contributed by atoms with van der Waals surface area (Å²) in [4.78, 5) is 20.0. The van der Waals surface area contributed by atoms with E-state index in [-0.39, 0.29) is 17.7 Å². The van der Waals surface area contributed by atoms with Gasteiger partial charge in [-0.1, -0.05) is 25.7 Å². The van der Waals surface area contributed by atoms with Crippen LogP contribution in [-0.4, -0.2) is 21.7 Å². The highest BCUT2D eigenvalue weighted by Crippen LogP contribution is 2.46. The fourth-order valence-electron chi connectivity index (χ4n) is 3.41. The SMILES string of the molecule is CCC1(CC)CCSc2ccc(C#Cc3cnc(CC(=O)[O-])nc3)cc21. The summed E-state index contributed by atoms with van der Waals surface area (Å²) < 4.78 is 0. The lowest BCUT2D eigenvalue weighted by atomic mass is 9.73. The summed E-state index contributed by atoms with van der Waals surface area (Å²) in [6, 6.07) is 6.47. The van der Waals surface area contributed by atoms with Crippen molar-refractivity contribution in [3.8, 4) is 11.8 Å². The van der Waals surface area contributed by atoms with Crippen LogP contribution in [0.1, 0.15) is 55.6 Å². The largest absolute Gasteiger partial charge is 0.550 e. The van der Waals surface area contributed by atoms with Crippen molar-refractivity contribution in [1.82, 2.24) is 9.97 Å². The quantitative estimate of drug-likeness (QED) is 0.780. The van der Waals surface area contributed by atoms with Crippen molar-refractivity contribution in [2.75, 3.05) is 5.75 Å². The first kappa shape index (κ1) is 18.5. The molecule has 0 unspecified atom stereocenters. The fraction of sp³-hybridized carbons (Fsp3) is 0.381. The Balaban J connectivity index is 1.86. The Bertz CT molecular complexity index is 862. The average Bonchev–Trinajstić information content (AvgIpc) is 2.66. The maximum absolute atomic E-state index is 10.6. The van der Waals surface area contributed by atoms with Crippen LogP contribution >= 0.6 is 11.8 Å². The highest BCUT2D eigenvalue weighted by molar-refractivity contribution is 7.99. The second-order valence-corrected chi connectivity index (χ2v) is 7.62. The summed E-state index contributed by atoms with van der Waals surface area (Å²) >= 11 is 1.93. The molecule has 0 aliphatic carbocycles. The van der Waals surface area contributed by atoms with Gasteiger partial charge in [-0.2, -0.15) is 0 Å². The van der Waals surface area contributed by atoms with Crippen molar-refractivity contribution >= 4 is 17.7 Å². The van der Waals surface area contributed by atoms with E-state index >= 15 is 0 Å². The summed E-state index contributed by atoms with van der Waals surface area (Å²) in [5, 5.41) is 10.6. The standard InChI is InChI=1S/C21H22N2O2S/c1-3-21(4-2)9-10-26-18-8-7-15(11-17(18)21)5-6-16-13-22-19(23-14-16)12-20(24)25/h7-8,11,13-14H,3-4,9-10,12H2,1-2H3,(H,24,25)/p-1. The van der Waals surface area contributed by atoms with E-state index in [0.717, 1.165) is 18.4 Å². The van der Waals surface area contributed by atoms with Crippen molar-refractivity contribution in [1.29, 1.82) is 0 Å². The Morgan fingerprint density at radius 3 is 2.54 bits per heavy atom. The van der Waals surface area contributed by atoms with E-state index in [2.05, 4.69) is 53.9 Å². The van der Waals surface area contributed by atoms with Gasteiger partial charge in [0, 0.05) is 35.2 Å². The molecule has 2 heterocycles. The highest BCUT2D eigenvalue weighted by Gasteiger charge is 2.33. The molecule has 134 valence electrons. The number of carboxylic acid groups (broad SMARTS) is 1. The van der Waals surface area contributed by atoms with Gasteiger partial charge in [0.25, 0.3) is 0 Å². The monoisotopic (exact) mass is 365 g/mol. The average molecular weight is 365 g/mol. The normalized spacial score (nSPS) is 14.8. The van der Waals surface area contributed by atoms with Crippen LogP contribution in [0.25, 0.3) is 0 Å². The highest BCUT2D eigenvalue weighted by atomic mass is 32.2. The van der Waals surface area contributed by atoms with Gasteiger partial charge in [-0.15, -0.1) is 11.8 Å². The zero-order valence-corrected chi connectivity index (χ0v) is 15.9. The molecule has 0 bridgehead atoms. The topological polar surface area (TPSA) is 65.9 Å². The maximum atomic E-state index is 10.6. The predicted octanol–water partition coefficient (Wildman–Crippen LogP) is 2.72. The van der Waals surface area contributed by atoms with E-state index < -0.39 is 5.97 Å². The second-order valence-electron chi connectivity index (χ2n) is 6.48. The molecule has 0 radical (unpaired) electrons. The minimum atomic E-state index is -1.19. The van der Waals surface area contributed by atoms with Crippen LogP contribution in [0.5, 0.6) is 0 Å². The number of carbonyl (C=O) groups excluding carboxylic acids is 1. The molecule has 26 heavy (non-hydrogen) atoms. The molecule has 5 heteroatoms. The smallest absolute Gasteiger partial charge is 0.133 e. The van der Waals surface area contributed by atoms with Gasteiger partial charge in [0.15, 0.2) is 0 Å². The summed E-state index contributed by atoms with van der Waals surface area (Å²) in [6.07, 6.45) is 6.31. The number of hydrogen-bond donors (Lipinski definition) is 0. The molecule has 3 rings (SSSR count). The molecule has 4 nitrogen and oxygen atoms in total. The number of carboxylic acids is 1. The van der Waals surface area contributed by atoms with Gasteiger partial charge in [0.2, 0.25) is 0 Å². The van der Waals surface area contributed by atoms with Gasteiger partial charge < -0.3 is 9.90 Å². The van der Waals surface area contributed by atoms with Crippen LogP contribution in [0.4, 0.5) is 0 Å². The van der Waals surface area contributed by atoms with Gasteiger partial charge in [-0.25, -0.2) is 9.97 Å². The van der Waals surface area contributed by atoms with Gasteiger partial charge >= 0.3 is 0 Å². The minimum Gasteiger partial charge on any atom is -0.550 e. The third-order valence-corrected chi connectivity index (χ3v) is 6.18. The number of carbonyl (C=O) groups is 1. The third-order valence-electron chi connectivity index (χ3n) is 5.10. The first-order chi connectivity index (χ1) is 12.6. The van der Waals surface area contributed by atoms with Crippen molar-refractivity contribution in [3.63, 3.8) is 0 Å². The molecule has 1 aromatic heterocycles. The van der Waals surface area contributed by atoms with Crippen molar-refractivity contribution in [2.24, 2.45) is 0 Å². The molecule has 0 N–H and O–H groups in total. The van der Waals surface area contributed by atoms with Gasteiger partial charge in [0.05, 0.1) is 5.56 Å². The molecule has 0 fully saturated rings. The summed E-state index contributed by atoms with van der Waals surface area (Å²) in [5.41, 5.74) is 3.33. The van der Waals surface area contributed by atoms with Crippen LogP contribution < -0.4 is 5.11 Å². The fourth-order valence-corrected chi connectivity index (χ4v) is 4.72. The van der Waals surface area contributed by atoms with E-state index in [0.29, 0.717) is 5.56 Å². The van der Waals surface area contributed by atoms with E-state index in [1.807, 2.05) is 11.8 Å². The Morgan fingerprint density at radius 1 is 1.19 bits per heavy atom. The van der Waals surface area contributed by atoms with Crippen molar-refractivity contribution < 1.29 is 9.90 Å². The molecular weight excluding hydrogens is 344 g/mol. The van der Waals surface area contributed by atoms with Crippen LogP contribution in [0.15, 0.2) is 35.5 Å². The lowest BCUT2D eigenvalue weighted by Crippen LogP contribution is -2.28. The third kappa shape index (κ3) is 3.91. The van der Waals surface area contributed by atoms with E-state index in [1.165, 1.54) is 22.6 Å². The van der Waals surface area contributed by atoms with Crippen LogP contribution in [-0.2, 0) is 16.6 Å². The van der Waals surface area contributed by atoms with Gasteiger partial charge in [0.1, 0.15) is 5.82 Å². The Morgan fingerprint density at radius 2 is 1.88 bits per heavy atom. The molecule has 1 aliphatic heterocycles. The Hall–Kier alpha value is -2.32. The molecular formula is C21H21N2O2S-. The van der Waals surface area contributed by atoms with E-state index in [4.69, 9.17) is 0 Å².